The Bertz CT molecular complexity index is 1280. The van der Waals surface area contributed by atoms with Gasteiger partial charge in [0.1, 0.15) is 25.6 Å². The molecule has 1 heterocycles. The third kappa shape index (κ3) is 5.92. The molecule has 0 fully saturated rings. The van der Waals surface area contributed by atoms with Crippen LogP contribution in [0.1, 0.15) is 25.3 Å². The molecular weight excluding hydrogens is 471 g/mol. The van der Waals surface area contributed by atoms with Crippen LogP contribution in [0.15, 0.2) is 71.6 Å². The summed E-state index contributed by atoms with van der Waals surface area (Å²) in [6, 6.07) is 16.7. The van der Waals surface area contributed by atoms with Crippen LogP contribution in [0.4, 0.5) is 15.8 Å². The molecule has 184 valence electrons. The Balaban J connectivity index is 1.58. The van der Waals surface area contributed by atoms with Crippen LogP contribution in [-0.4, -0.2) is 34.1 Å². The summed E-state index contributed by atoms with van der Waals surface area (Å²) in [7, 11) is -4.19. The number of hydrogen-bond acceptors (Lipinski definition) is 5. The predicted molar refractivity (Wildman–Crippen MR) is 132 cm³/mol. The number of rotatable bonds is 9. The number of halogens is 1. The van der Waals surface area contributed by atoms with Crippen LogP contribution in [0.2, 0.25) is 0 Å². The molecule has 1 amide bonds. The lowest BCUT2D eigenvalue weighted by atomic mass is 10.1. The van der Waals surface area contributed by atoms with Gasteiger partial charge in [-0.15, -0.1) is 0 Å². The summed E-state index contributed by atoms with van der Waals surface area (Å²) in [6.07, 6.45) is 3.13. The van der Waals surface area contributed by atoms with E-state index in [2.05, 4.69) is 12.2 Å². The van der Waals surface area contributed by atoms with Crippen molar-refractivity contribution in [3.8, 4) is 11.5 Å². The third-order valence-corrected chi connectivity index (χ3v) is 7.33. The van der Waals surface area contributed by atoms with E-state index in [-0.39, 0.29) is 10.6 Å². The summed E-state index contributed by atoms with van der Waals surface area (Å²) in [5.74, 6) is -0.289. The standard InChI is InChI=1S/C26H27FN2O5S/c1-2-3-4-19-5-9-21(10-6-19)28-26(30)18-29(22-11-7-20(27)8-12-22)35(31,32)23-13-14-24-25(17-23)34-16-15-33-24/h5-14,17H,2-4,15-16,18H2,1H3,(H,28,30). The predicted octanol–water partition coefficient (Wildman–Crippen LogP) is 4.77. The third-order valence-electron chi connectivity index (χ3n) is 5.56. The summed E-state index contributed by atoms with van der Waals surface area (Å²) in [5, 5.41) is 2.75. The summed E-state index contributed by atoms with van der Waals surface area (Å²) in [4.78, 5) is 12.8. The molecule has 0 unspecified atom stereocenters. The topological polar surface area (TPSA) is 84.9 Å². The zero-order valence-corrected chi connectivity index (χ0v) is 20.2. The minimum atomic E-state index is -4.19. The SMILES string of the molecule is CCCCc1ccc(NC(=O)CN(c2ccc(F)cc2)S(=O)(=O)c2ccc3c(c2)OCCO3)cc1. The minimum absolute atomic E-state index is 0.0702. The number of hydrogen-bond donors (Lipinski definition) is 1. The van der Waals surface area contributed by atoms with Crippen LogP contribution >= 0.6 is 0 Å². The number of nitrogens with zero attached hydrogens (tertiary/aromatic N) is 1. The molecule has 1 aliphatic heterocycles. The Labute approximate surface area is 204 Å². The van der Waals surface area contributed by atoms with Crippen molar-refractivity contribution in [2.45, 2.75) is 31.1 Å². The number of anilines is 2. The lowest BCUT2D eigenvalue weighted by Crippen LogP contribution is -2.38. The highest BCUT2D eigenvalue weighted by Crippen LogP contribution is 2.34. The van der Waals surface area contributed by atoms with Gasteiger partial charge in [-0.1, -0.05) is 25.5 Å². The zero-order chi connectivity index (χ0) is 24.8. The molecule has 0 spiro atoms. The number of unbranched alkanes of at least 4 members (excludes halogenated alkanes) is 1. The number of carbonyl (C=O) groups excluding carboxylic acids is 1. The number of carbonyl (C=O) groups is 1. The fourth-order valence-electron chi connectivity index (χ4n) is 3.70. The molecule has 0 aliphatic carbocycles. The van der Waals surface area contributed by atoms with Crippen molar-refractivity contribution < 1.29 is 27.1 Å². The number of amides is 1. The number of benzene rings is 3. The number of ether oxygens (including phenoxy) is 2. The molecule has 0 saturated carbocycles. The van der Waals surface area contributed by atoms with Crippen molar-refractivity contribution in [2.75, 3.05) is 29.4 Å². The molecule has 0 aromatic heterocycles. The molecule has 7 nitrogen and oxygen atoms in total. The quantitative estimate of drug-likeness (QED) is 0.459. The normalized spacial score (nSPS) is 12.7. The van der Waals surface area contributed by atoms with E-state index in [1.54, 1.807) is 12.1 Å². The zero-order valence-electron chi connectivity index (χ0n) is 19.4. The number of fused-ring (bicyclic) bond motifs is 1. The van der Waals surface area contributed by atoms with Gasteiger partial charge in [0.05, 0.1) is 10.6 Å². The van der Waals surface area contributed by atoms with Gasteiger partial charge in [-0.05, 0) is 66.9 Å². The molecule has 0 atom stereocenters. The van der Waals surface area contributed by atoms with Crippen molar-refractivity contribution in [1.29, 1.82) is 0 Å². The molecule has 0 saturated heterocycles. The highest BCUT2D eigenvalue weighted by atomic mass is 32.2. The maximum Gasteiger partial charge on any atom is 0.264 e. The minimum Gasteiger partial charge on any atom is -0.486 e. The Morgan fingerprint density at radius 3 is 2.34 bits per heavy atom. The van der Waals surface area contributed by atoms with Gasteiger partial charge in [0.15, 0.2) is 11.5 Å². The molecule has 1 aliphatic rings. The first-order valence-corrected chi connectivity index (χ1v) is 12.9. The fraction of sp³-hybridized carbons (Fsp3) is 0.269. The highest BCUT2D eigenvalue weighted by molar-refractivity contribution is 7.92. The first-order chi connectivity index (χ1) is 16.9. The highest BCUT2D eigenvalue weighted by Gasteiger charge is 2.29. The molecule has 3 aromatic rings. The van der Waals surface area contributed by atoms with Crippen LogP contribution in [-0.2, 0) is 21.2 Å². The van der Waals surface area contributed by atoms with Crippen LogP contribution < -0.4 is 19.1 Å². The van der Waals surface area contributed by atoms with E-state index in [1.807, 2.05) is 12.1 Å². The summed E-state index contributed by atoms with van der Waals surface area (Å²) in [5.41, 5.74) is 1.89. The molecule has 0 bridgehead atoms. The van der Waals surface area contributed by atoms with E-state index < -0.39 is 28.3 Å². The summed E-state index contributed by atoms with van der Waals surface area (Å²) < 4.78 is 52.7. The van der Waals surface area contributed by atoms with E-state index in [9.17, 15) is 17.6 Å². The van der Waals surface area contributed by atoms with Gasteiger partial charge in [-0.25, -0.2) is 12.8 Å². The number of aryl methyl sites for hydroxylation is 1. The average molecular weight is 499 g/mol. The van der Waals surface area contributed by atoms with E-state index in [1.165, 1.54) is 35.9 Å². The summed E-state index contributed by atoms with van der Waals surface area (Å²) in [6.45, 7) is 2.30. The van der Waals surface area contributed by atoms with Gasteiger partial charge in [0.2, 0.25) is 5.91 Å². The van der Waals surface area contributed by atoms with Gasteiger partial charge >= 0.3 is 0 Å². The van der Waals surface area contributed by atoms with Crippen LogP contribution in [0.25, 0.3) is 0 Å². The first kappa shape index (κ1) is 24.5. The van der Waals surface area contributed by atoms with Crippen LogP contribution in [0.5, 0.6) is 11.5 Å². The largest absolute Gasteiger partial charge is 0.486 e. The first-order valence-electron chi connectivity index (χ1n) is 11.4. The van der Waals surface area contributed by atoms with E-state index >= 15 is 0 Å². The monoisotopic (exact) mass is 498 g/mol. The van der Waals surface area contributed by atoms with Crippen LogP contribution in [0, 0.1) is 5.82 Å². The maximum absolute atomic E-state index is 13.6. The average Bonchev–Trinajstić information content (AvgIpc) is 2.87. The van der Waals surface area contributed by atoms with Crippen molar-refractivity contribution in [2.24, 2.45) is 0 Å². The number of nitrogens with one attached hydrogen (secondary N) is 1. The van der Waals surface area contributed by atoms with E-state index in [4.69, 9.17) is 9.47 Å². The second-order valence-electron chi connectivity index (χ2n) is 8.14. The van der Waals surface area contributed by atoms with Gasteiger partial charge in [0, 0.05) is 11.8 Å². The van der Waals surface area contributed by atoms with Crippen molar-refractivity contribution >= 4 is 27.3 Å². The molecule has 3 aromatic carbocycles. The number of sulfonamides is 1. The Kier molecular flexibility index (Phi) is 7.55. The second-order valence-corrected chi connectivity index (χ2v) is 10.0. The van der Waals surface area contributed by atoms with Crippen molar-refractivity contribution in [1.82, 2.24) is 0 Å². The van der Waals surface area contributed by atoms with Crippen molar-refractivity contribution in [3.63, 3.8) is 0 Å². The Morgan fingerprint density at radius 1 is 0.971 bits per heavy atom. The smallest absolute Gasteiger partial charge is 0.264 e. The maximum atomic E-state index is 13.6. The van der Waals surface area contributed by atoms with Gasteiger partial charge in [0.25, 0.3) is 10.0 Å². The molecule has 0 radical (unpaired) electrons. The second kappa shape index (κ2) is 10.8. The van der Waals surface area contributed by atoms with E-state index in [0.29, 0.717) is 30.4 Å². The summed E-state index contributed by atoms with van der Waals surface area (Å²) >= 11 is 0. The lowest BCUT2D eigenvalue weighted by Gasteiger charge is -2.25. The van der Waals surface area contributed by atoms with E-state index in [0.717, 1.165) is 35.7 Å². The molecule has 1 N–H and O–H groups in total. The molecule has 35 heavy (non-hydrogen) atoms. The van der Waals surface area contributed by atoms with Gasteiger partial charge in [-0.2, -0.15) is 0 Å². The molecule has 9 heteroatoms. The van der Waals surface area contributed by atoms with Crippen molar-refractivity contribution in [3.05, 3.63) is 78.1 Å². The lowest BCUT2D eigenvalue weighted by molar-refractivity contribution is -0.114. The van der Waals surface area contributed by atoms with Gasteiger partial charge < -0.3 is 14.8 Å². The van der Waals surface area contributed by atoms with Gasteiger partial charge in [-0.3, -0.25) is 9.10 Å². The Morgan fingerprint density at radius 2 is 1.66 bits per heavy atom. The fourth-order valence-corrected chi connectivity index (χ4v) is 5.14. The van der Waals surface area contributed by atoms with Crippen LogP contribution in [0.3, 0.4) is 0 Å². The molecule has 4 rings (SSSR count). The molecular formula is C26H27FN2O5S. The Hall–Kier alpha value is -3.59.